The standard InChI is InChI=1S/C30H25F2N3O4S2/c31-23-10-9-21(15-20(23)3-1-2-17-4-5-17)28-22(12-19-8-11-27(41(38)39)24(32)13-19)26(14-18-6-7-18)35(34-28)30-33-25(16-40-30)29(36)37/h8-11,13,15-18H,2,4-7,12,14H2,(H,36,37)(H,38,39). The molecule has 2 aliphatic rings. The Hall–Kier alpha value is -3.72. The lowest BCUT2D eigenvalue weighted by Crippen LogP contribution is -2.06. The van der Waals surface area contributed by atoms with E-state index in [2.05, 4.69) is 16.8 Å². The summed E-state index contributed by atoms with van der Waals surface area (Å²) in [6.45, 7) is 0. The van der Waals surface area contributed by atoms with Crippen LogP contribution in [0.15, 0.2) is 46.7 Å². The molecular weight excluding hydrogens is 568 g/mol. The lowest BCUT2D eigenvalue weighted by molar-refractivity contribution is 0.0691. The van der Waals surface area contributed by atoms with Gasteiger partial charge in [0.15, 0.2) is 16.8 Å². The topological polar surface area (TPSA) is 105 Å². The van der Waals surface area contributed by atoms with Crippen LogP contribution in [0.25, 0.3) is 16.4 Å². The number of thiazole rings is 1. The zero-order chi connectivity index (χ0) is 28.7. The van der Waals surface area contributed by atoms with Crippen molar-refractivity contribution in [2.75, 3.05) is 0 Å². The SMILES string of the molecule is O=C(O)c1csc(-n2nc(-c3ccc(F)c(C#CCC4CC4)c3)c(Cc3ccc(S(=O)O)c(F)c3)c2CC2CC2)n1. The highest BCUT2D eigenvalue weighted by Gasteiger charge is 2.29. The van der Waals surface area contributed by atoms with Gasteiger partial charge < -0.3 is 9.66 Å². The summed E-state index contributed by atoms with van der Waals surface area (Å²) < 4.78 is 51.9. The molecule has 2 fully saturated rings. The van der Waals surface area contributed by atoms with E-state index in [1.54, 1.807) is 22.9 Å². The molecule has 0 spiro atoms. The quantitative estimate of drug-likeness (QED) is 0.176. The molecule has 6 rings (SSSR count). The van der Waals surface area contributed by atoms with E-state index in [0.29, 0.717) is 40.2 Å². The van der Waals surface area contributed by atoms with Crippen LogP contribution in [0.5, 0.6) is 0 Å². The van der Waals surface area contributed by atoms with Crippen molar-refractivity contribution < 1.29 is 27.4 Å². The van der Waals surface area contributed by atoms with Crippen LogP contribution >= 0.6 is 11.3 Å². The van der Waals surface area contributed by atoms with Crippen LogP contribution in [0.2, 0.25) is 0 Å². The largest absolute Gasteiger partial charge is 0.476 e. The zero-order valence-electron chi connectivity index (χ0n) is 21.8. The Morgan fingerprint density at radius 2 is 1.88 bits per heavy atom. The predicted octanol–water partition coefficient (Wildman–Crippen LogP) is 6.25. The van der Waals surface area contributed by atoms with Crippen molar-refractivity contribution in [2.24, 2.45) is 11.8 Å². The van der Waals surface area contributed by atoms with Gasteiger partial charge in [0, 0.05) is 29.3 Å². The molecule has 2 aromatic heterocycles. The first kappa shape index (κ1) is 27.4. The number of aromatic carboxylic acids is 1. The summed E-state index contributed by atoms with van der Waals surface area (Å²) in [5.74, 6) is 4.68. The van der Waals surface area contributed by atoms with Crippen LogP contribution in [0.3, 0.4) is 0 Å². The Bertz CT molecular complexity index is 1750. The Kier molecular flexibility index (Phi) is 7.55. The second-order valence-corrected chi connectivity index (χ2v) is 12.3. The molecule has 0 aliphatic heterocycles. The first-order valence-electron chi connectivity index (χ1n) is 13.2. The molecule has 1 unspecified atom stereocenters. The third kappa shape index (κ3) is 6.15. The highest BCUT2D eigenvalue weighted by atomic mass is 32.2. The van der Waals surface area contributed by atoms with Crippen LogP contribution in [-0.4, -0.2) is 34.6 Å². The molecule has 2 aliphatic carbocycles. The number of carboxylic acids is 1. The van der Waals surface area contributed by atoms with E-state index >= 15 is 0 Å². The summed E-state index contributed by atoms with van der Waals surface area (Å²) in [5.41, 5.74) is 3.47. The van der Waals surface area contributed by atoms with Gasteiger partial charge in [-0.1, -0.05) is 17.9 Å². The molecule has 4 aromatic rings. The minimum Gasteiger partial charge on any atom is -0.476 e. The Morgan fingerprint density at radius 3 is 2.54 bits per heavy atom. The first-order valence-corrected chi connectivity index (χ1v) is 15.2. The van der Waals surface area contributed by atoms with Crippen LogP contribution in [0, 0.1) is 35.3 Å². The second-order valence-electron chi connectivity index (χ2n) is 10.5. The maximum absolute atomic E-state index is 14.7. The summed E-state index contributed by atoms with van der Waals surface area (Å²) in [4.78, 5) is 15.5. The van der Waals surface area contributed by atoms with Crippen molar-refractivity contribution in [2.45, 2.75) is 49.8 Å². The van der Waals surface area contributed by atoms with Crippen molar-refractivity contribution in [3.05, 3.63) is 81.5 Å². The van der Waals surface area contributed by atoms with Crippen LogP contribution in [-0.2, 0) is 23.9 Å². The van der Waals surface area contributed by atoms with Crippen LogP contribution in [0.1, 0.15) is 65.0 Å². The Balaban J connectivity index is 1.49. The zero-order valence-corrected chi connectivity index (χ0v) is 23.4. The lowest BCUT2D eigenvalue weighted by atomic mass is 9.96. The van der Waals surface area contributed by atoms with Gasteiger partial charge >= 0.3 is 5.97 Å². The van der Waals surface area contributed by atoms with Gasteiger partial charge in [-0.3, -0.25) is 0 Å². The summed E-state index contributed by atoms with van der Waals surface area (Å²) >= 11 is -1.30. The highest BCUT2D eigenvalue weighted by molar-refractivity contribution is 7.79. The van der Waals surface area contributed by atoms with Gasteiger partial charge in [-0.05, 0) is 79.8 Å². The van der Waals surface area contributed by atoms with E-state index in [0.717, 1.165) is 54.7 Å². The molecular formula is C30H25F2N3O4S2. The lowest BCUT2D eigenvalue weighted by Gasteiger charge is -2.10. The summed E-state index contributed by atoms with van der Waals surface area (Å²) in [6, 6.07) is 8.77. The van der Waals surface area contributed by atoms with E-state index in [-0.39, 0.29) is 22.6 Å². The normalized spacial score (nSPS) is 15.4. The van der Waals surface area contributed by atoms with Gasteiger partial charge in [0.05, 0.1) is 17.0 Å². The molecule has 0 amide bonds. The molecule has 41 heavy (non-hydrogen) atoms. The number of benzene rings is 2. The van der Waals surface area contributed by atoms with Crippen molar-refractivity contribution in [1.29, 1.82) is 0 Å². The molecule has 2 saturated carbocycles. The van der Waals surface area contributed by atoms with Gasteiger partial charge in [0.1, 0.15) is 16.5 Å². The Labute approximate surface area is 241 Å². The molecule has 0 radical (unpaired) electrons. The van der Waals surface area contributed by atoms with E-state index in [1.165, 1.54) is 23.6 Å². The van der Waals surface area contributed by atoms with Gasteiger partial charge in [-0.25, -0.2) is 27.5 Å². The second kappa shape index (κ2) is 11.3. The van der Waals surface area contributed by atoms with Gasteiger partial charge in [-0.2, -0.15) is 5.10 Å². The van der Waals surface area contributed by atoms with E-state index < -0.39 is 28.7 Å². The molecule has 1 atom stereocenters. The predicted molar refractivity (Wildman–Crippen MR) is 150 cm³/mol. The molecule has 210 valence electrons. The summed E-state index contributed by atoms with van der Waals surface area (Å²) in [7, 11) is 0. The number of carboxylic acid groups (broad SMARTS) is 1. The number of halogens is 2. The van der Waals surface area contributed by atoms with Gasteiger partial charge in [0.2, 0.25) is 5.13 Å². The number of carbonyl (C=O) groups is 1. The minimum atomic E-state index is -2.46. The monoisotopic (exact) mass is 593 g/mol. The Morgan fingerprint density at radius 1 is 1.10 bits per heavy atom. The molecule has 11 heteroatoms. The maximum atomic E-state index is 14.7. The first-order chi connectivity index (χ1) is 19.8. The fraction of sp³-hybridized carbons (Fsp3) is 0.300. The summed E-state index contributed by atoms with van der Waals surface area (Å²) in [5, 5.41) is 16.2. The van der Waals surface area contributed by atoms with E-state index in [9.17, 15) is 27.4 Å². The number of aromatic nitrogens is 3. The average Bonchev–Trinajstić information content (AvgIpc) is 3.85. The molecule has 0 saturated heterocycles. The number of rotatable bonds is 9. The third-order valence-corrected chi connectivity index (χ3v) is 8.80. The summed E-state index contributed by atoms with van der Waals surface area (Å²) in [6.07, 6.45) is 6.01. The molecule has 2 heterocycles. The number of hydrogen-bond acceptors (Lipinski definition) is 5. The van der Waals surface area contributed by atoms with Crippen molar-refractivity contribution in [1.82, 2.24) is 14.8 Å². The van der Waals surface area contributed by atoms with Crippen molar-refractivity contribution >= 4 is 28.4 Å². The molecule has 2 N–H and O–H groups in total. The smallest absolute Gasteiger partial charge is 0.355 e. The minimum absolute atomic E-state index is 0.0920. The maximum Gasteiger partial charge on any atom is 0.355 e. The van der Waals surface area contributed by atoms with Crippen LogP contribution in [0.4, 0.5) is 8.78 Å². The molecule has 2 aromatic carbocycles. The molecule has 7 nitrogen and oxygen atoms in total. The number of nitrogens with zero attached hydrogens (tertiary/aromatic N) is 3. The third-order valence-electron chi connectivity index (χ3n) is 7.28. The van der Waals surface area contributed by atoms with Crippen molar-refractivity contribution in [3.63, 3.8) is 0 Å². The fourth-order valence-corrected chi connectivity index (χ4v) is 5.89. The van der Waals surface area contributed by atoms with Crippen molar-refractivity contribution in [3.8, 4) is 28.2 Å². The molecule has 0 bridgehead atoms. The van der Waals surface area contributed by atoms with Gasteiger partial charge in [-0.15, -0.1) is 11.3 Å². The fourth-order valence-electron chi connectivity index (χ4n) is 4.71. The van der Waals surface area contributed by atoms with Gasteiger partial charge in [0.25, 0.3) is 0 Å². The average molecular weight is 594 g/mol. The van der Waals surface area contributed by atoms with E-state index in [4.69, 9.17) is 5.10 Å². The highest BCUT2D eigenvalue weighted by Crippen LogP contribution is 2.38. The van der Waals surface area contributed by atoms with Crippen LogP contribution < -0.4 is 0 Å². The van der Waals surface area contributed by atoms with E-state index in [1.807, 2.05) is 0 Å². The number of hydrogen-bond donors (Lipinski definition) is 2.